The first-order chi connectivity index (χ1) is 9.03. The maximum absolute atomic E-state index is 11.6. The van der Waals surface area contributed by atoms with Crippen LogP contribution in [0, 0.1) is 5.92 Å². The first-order valence-electron chi connectivity index (χ1n) is 6.55. The molecule has 7 heteroatoms. The minimum absolute atomic E-state index is 0.146. The van der Waals surface area contributed by atoms with Crippen LogP contribution in [0.2, 0.25) is 0 Å². The van der Waals surface area contributed by atoms with Crippen molar-refractivity contribution in [3.63, 3.8) is 0 Å². The Morgan fingerprint density at radius 2 is 2.11 bits per heavy atom. The van der Waals surface area contributed by atoms with Crippen LogP contribution < -0.4 is 10.6 Å². The van der Waals surface area contributed by atoms with Crippen LogP contribution in [-0.2, 0) is 9.53 Å². The van der Waals surface area contributed by atoms with E-state index in [1.54, 1.807) is 0 Å². The number of hydrogen-bond donors (Lipinski definition) is 3. The standard InChI is InChI=1S/C12H21N3O4/c1-19-5-4-13-11(17)14-10(16)6-15-7-12(18,8-15)9-2-3-9/h9,18H,2-8H2,1H3,(H2,13,14,16,17). The molecule has 0 atom stereocenters. The zero-order valence-corrected chi connectivity index (χ0v) is 11.1. The lowest BCUT2D eigenvalue weighted by Gasteiger charge is -2.46. The van der Waals surface area contributed by atoms with Gasteiger partial charge in [0.1, 0.15) is 0 Å². The second-order valence-electron chi connectivity index (χ2n) is 5.32. The third-order valence-electron chi connectivity index (χ3n) is 3.54. The van der Waals surface area contributed by atoms with E-state index in [2.05, 4.69) is 10.6 Å². The van der Waals surface area contributed by atoms with Crippen molar-refractivity contribution in [1.29, 1.82) is 0 Å². The Balaban J connectivity index is 1.59. The molecule has 0 aromatic rings. The van der Waals surface area contributed by atoms with Crippen LogP contribution in [0.5, 0.6) is 0 Å². The maximum Gasteiger partial charge on any atom is 0.321 e. The summed E-state index contributed by atoms with van der Waals surface area (Å²) in [6, 6.07) is -0.514. The molecule has 2 rings (SSSR count). The Morgan fingerprint density at radius 1 is 1.42 bits per heavy atom. The molecule has 0 radical (unpaired) electrons. The highest BCUT2D eigenvalue weighted by Gasteiger charge is 2.51. The number of nitrogens with zero attached hydrogens (tertiary/aromatic N) is 1. The summed E-state index contributed by atoms with van der Waals surface area (Å²) in [7, 11) is 1.54. The van der Waals surface area contributed by atoms with Crippen LogP contribution in [0.25, 0.3) is 0 Å². The van der Waals surface area contributed by atoms with E-state index < -0.39 is 11.6 Å². The fourth-order valence-electron chi connectivity index (χ4n) is 2.40. The number of carbonyl (C=O) groups is 2. The van der Waals surface area contributed by atoms with Crippen LogP contribution in [0.4, 0.5) is 4.79 Å². The first-order valence-corrected chi connectivity index (χ1v) is 6.55. The van der Waals surface area contributed by atoms with E-state index in [4.69, 9.17) is 4.74 Å². The van der Waals surface area contributed by atoms with E-state index in [0.717, 1.165) is 12.8 Å². The van der Waals surface area contributed by atoms with Gasteiger partial charge in [-0.25, -0.2) is 4.79 Å². The summed E-state index contributed by atoms with van der Waals surface area (Å²) in [5, 5.41) is 14.8. The average Bonchev–Trinajstić information content (AvgIpc) is 3.10. The minimum Gasteiger partial charge on any atom is -0.387 e. The number of aliphatic hydroxyl groups is 1. The normalized spacial score (nSPS) is 21.6. The topological polar surface area (TPSA) is 90.9 Å². The van der Waals surface area contributed by atoms with Crippen molar-refractivity contribution in [2.75, 3.05) is 39.9 Å². The van der Waals surface area contributed by atoms with Crippen molar-refractivity contribution in [1.82, 2.24) is 15.5 Å². The summed E-state index contributed by atoms with van der Waals surface area (Å²) in [5.41, 5.74) is -0.596. The molecule has 0 aromatic carbocycles. The number of imide groups is 1. The van der Waals surface area contributed by atoms with E-state index in [-0.39, 0.29) is 12.5 Å². The third-order valence-corrected chi connectivity index (χ3v) is 3.54. The quantitative estimate of drug-likeness (QED) is 0.534. The second-order valence-corrected chi connectivity index (χ2v) is 5.32. The van der Waals surface area contributed by atoms with Crippen molar-refractivity contribution < 1.29 is 19.4 Å². The SMILES string of the molecule is COCCNC(=O)NC(=O)CN1CC(O)(C2CC2)C1. The Morgan fingerprint density at radius 3 is 2.68 bits per heavy atom. The van der Waals surface area contributed by atoms with Crippen LogP contribution in [0.3, 0.4) is 0 Å². The van der Waals surface area contributed by atoms with Gasteiger partial charge in [0.25, 0.3) is 0 Å². The predicted molar refractivity (Wildman–Crippen MR) is 67.5 cm³/mol. The Bertz CT molecular complexity index is 351. The highest BCUT2D eigenvalue weighted by molar-refractivity contribution is 5.95. The van der Waals surface area contributed by atoms with E-state index >= 15 is 0 Å². The van der Waals surface area contributed by atoms with Crippen LogP contribution in [0.15, 0.2) is 0 Å². The molecule has 3 amide bonds. The van der Waals surface area contributed by atoms with Crippen molar-refractivity contribution >= 4 is 11.9 Å². The lowest BCUT2D eigenvalue weighted by atomic mass is 9.89. The summed E-state index contributed by atoms with van der Waals surface area (Å²) in [4.78, 5) is 24.7. The smallest absolute Gasteiger partial charge is 0.321 e. The number of ether oxygens (including phenoxy) is 1. The Labute approximate surface area is 112 Å². The van der Waals surface area contributed by atoms with Gasteiger partial charge in [-0.05, 0) is 18.8 Å². The summed E-state index contributed by atoms with van der Waals surface area (Å²) >= 11 is 0. The number of likely N-dealkylation sites (tertiary alicyclic amines) is 1. The number of hydrogen-bond acceptors (Lipinski definition) is 5. The summed E-state index contributed by atoms with van der Waals surface area (Å²) in [5.74, 6) is 0.0527. The molecular formula is C12H21N3O4. The van der Waals surface area contributed by atoms with Gasteiger partial charge in [-0.1, -0.05) is 0 Å². The molecule has 3 N–H and O–H groups in total. The molecule has 1 aliphatic carbocycles. The van der Waals surface area contributed by atoms with Crippen molar-refractivity contribution in [3.05, 3.63) is 0 Å². The third kappa shape index (κ3) is 3.89. The molecule has 7 nitrogen and oxygen atoms in total. The molecule has 19 heavy (non-hydrogen) atoms. The molecule has 0 unspecified atom stereocenters. The Kier molecular flexibility index (Phi) is 4.38. The highest BCUT2D eigenvalue weighted by atomic mass is 16.5. The van der Waals surface area contributed by atoms with Gasteiger partial charge in [0.05, 0.1) is 18.8 Å². The molecule has 1 saturated carbocycles. The first kappa shape index (κ1) is 14.2. The van der Waals surface area contributed by atoms with Crippen molar-refractivity contribution in [3.8, 4) is 0 Å². The van der Waals surface area contributed by atoms with Crippen molar-refractivity contribution in [2.45, 2.75) is 18.4 Å². The molecule has 0 aromatic heterocycles. The molecule has 2 fully saturated rings. The molecule has 1 heterocycles. The van der Waals surface area contributed by atoms with Gasteiger partial charge in [0, 0.05) is 26.7 Å². The second kappa shape index (κ2) is 5.85. The molecule has 1 aliphatic heterocycles. The predicted octanol–water partition coefficient (Wildman–Crippen LogP) is -1.08. The fourth-order valence-corrected chi connectivity index (χ4v) is 2.40. The molecule has 2 aliphatic rings. The number of carbonyl (C=O) groups excluding carboxylic acids is 2. The van der Waals surface area contributed by atoms with Gasteiger partial charge in [-0.3, -0.25) is 15.0 Å². The monoisotopic (exact) mass is 271 g/mol. The highest BCUT2D eigenvalue weighted by Crippen LogP contribution is 2.44. The van der Waals surface area contributed by atoms with E-state index in [1.165, 1.54) is 7.11 Å². The number of amides is 3. The molecule has 1 saturated heterocycles. The largest absolute Gasteiger partial charge is 0.387 e. The Hall–Kier alpha value is -1.18. The van der Waals surface area contributed by atoms with Gasteiger partial charge in [-0.15, -0.1) is 0 Å². The summed E-state index contributed by atoms with van der Waals surface area (Å²) in [6.45, 7) is 1.96. The lowest BCUT2D eigenvalue weighted by Crippen LogP contribution is -2.64. The molecule has 0 bridgehead atoms. The van der Waals surface area contributed by atoms with Crippen molar-refractivity contribution in [2.24, 2.45) is 5.92 Å². The molecular weight excluding hydrogens is 250 g/mol. The molecule has 108 valence electrons. The van der Waals surface area contributed by atoms with Crippen LogP contribution in [-0.4, -0.2) is 67.4 Å². The molecule has 0 spiro atoms. The number of methoxy groups -OCH3 is 1. The van der Waals surface area contributed by atoms with Gasteiger partial charge in [-0.2, -0.15) is 0 Å². The number of rotatable bonds is 6. The maximum atomic E-state index is 11.6. The lowest BCUT2D eigenvalue weighted by molar-refractivity contribution is -0.135. The van der Waals surface area contributed by atoms with Gasteiger partial charge in [0.2, 0.25) is 5.91 Å². The number of urea groups is 1. The van der Waals surface area contributed by atoms with Gasteiger partial charge in [0.15, 0.2) is 0 Å². The number of nitrogens with one attached hydrogen (secondary N) is 2. The fraction of sp³-hybridized carbons (Fsp3) is 0.833. The van der Waals surface area contributed by atoms with Crippen LogP contribution >= 0.6 is 0 Å². The summed E-state index contributed by atoms with van der Waals surface area (Å²) in [6.07, 6.45) is 2.16. The van der Waals surface area contributed by atoms with Gasteiger partial charge < -0.3 is 15.2 Å². The van der Waals surface area contributed by atoms with E-state index in [0.29, 0.717) is 32.2 Å². The summed E-state index contributed by atoms with van der Waals surface area (Å²) < 4.78 is 4.78. The zero-order chi connectivity index (χ0) is 13.9. The minimum atomic E-state index is -0.596. The average molecular weight is 271 g/mol. The number of β-amino-alcohol motifs (C(OH)–C–C–N with tert-alkyl or cyclic N) is 1. The zero-order valence-electron chi connectivity index (χ0n) is 11.1. The van der Waals surface area contributed by atoms with E-state index in [1.807, 2.05) is 4.90 Å². The van der Waals surface area contributed by atoms with E-state index in [9.17, 15) is 14.7 Å². The van der Waals surface area contributed by atoms with Gasteiger partial charge >= 0.3 is 6.03 Å². The van der Waals surface area contributed by atoms with Crippen LogP contribution in [0.1, 0.15) is 12.8 Å².